The van der Waals surface area contributed by atoms with Gasteiger partial charge < -0.3 is 15.1 Å². The molecule has 4 saturated carbocycles. The van der Waals surface area contributed by atoms with Gasteiger partial charge in [0.15, 0.2) is 5.96 Å². The number of nitrogens with one attached hydrogen (secondary N) is 2. The third-order valence-corrected chi connectivity index (χ3v) is 6.50. The van der Waals surface area contributed by atoms with Gasteiger partial charge in [-0.05, 0) is 75.5 Å². The lowest BCUT2D eigenvalue weighted by molar-refractivity contribution is -0.0492. The normalized spacial score (nSPS) is 33.2. The zero-order valence-electron chi connectivity index (χ0n) is 15.6. The zero-order chi connectivity index (χ0) is 16.7. The molecule has 5 rings (SSSR count). The molecule has 5 nitrogen and oxygen atoms in total. The monoisotopic (exact) mass is 458 g/mol. The van der Waals surface area contributed by atoms with E-state index in [1.807, 2.05) is 20.9 Å². The van der Waals surface area contributed by atoms with E-state index in [0.717, 1.165) is 47.6 Å². The van der Waals surface area contributed by atoms with Crippen LogP contribution in [0.4, 0.5) is 0 Å². The summed E-state index contributed by atoms with van der Waals surface area (Å²) in [5.41, 5.74) is 1.48. The van der Waals surface area contributed by atoms with E-state index in [9.17, 15) is 0 Å². The number of aryl methyl sites for hydroxylation is 2. The summed E-state index contributed by atoms with van der Waals surface area (Å²) >= 11 is 0. The Morgan fingerprint density at radius 2 is 1.72 bits per heavy atom. The predicted molar refractivity (Wildman–Crippen MR) is 110 cm³/mol. The molecular weight excluding hydrogens is 427 g/mol. The molecule has 4 fully saturated rings. The molecule has 0 radical (unpaired) electrons. The van der Waals surface area contributed by atoms with Crippen molar-refractivity contribution >= 4 is 29.9 Å². The van der Waals surface area contributed by atoms with Gasteiger partial charge in [-0.25, -0.2) is 4.98 Å². The van der Waals surface area contributed by atoms with Crippen LogP contribution in [0.5, 0.6) is 0 Å². The van der Waals surface area contributed by atoms with Gasteiger partial charge in [-0.15, -0.1) is 24.0 Å². The lowest BCUT2D eigenvalue weighted by atomic mass is 9.49. The first kappa shape index (κ1) is 19.0. The summed E-state index contributed by atoms with van der Waals surface area (Å²) in [6, 6.07) is 0. The summed E-state index contributed by atoms with van der Waals surface area (Å²) in [6.45, 7) is 5.56. The Bertz CT molecular complexity index is 585. The summed E-state index contributed by atoms with van der Waals surface area (Å²) in [5.74, 6) is 5.45. The van der Waals surface area contributed by atoms with Gasteiger partial charge in [0.2, 0.25) is 5.89 Å². The van der Waals surface area contributed by atoms with E-state index < -0.39 is 0 Å². The third kappa shape index (κ3) is 3.98. The molecule has 140 valence electrons. The van der Waals surface area contributed by atoms with Crippen LogP contribution in [-0.4, -0.2) is 24.5 Å². The van der Waals surface area contributed by atoms with Gasteiger partial charge in [-0.3, -0.25) is 4.99 Å². The first-order chi connectivity index (χ1) is 11.5. The standard InChI is InChI=1S/C19H30N4O.HI/c1-12-13(2)24-17(23-12)10-21-18(20-3)22-11-19-7-14-4-15(8-19)6-16(5-14)9-19;/h14-16H,4-11H2,1-3H3,(H2,20,21,22);1H. The molecule has 1 aromatic rings. The Morgan fingerprint density at radius 3 is 2.20 bits per heavy atom. The highest BCUT2D eigenvalue weighted by atomic mass is 127. The van der Waals surface area contributed by atoms with Crippen LogP contribution in [0.2, 0.25) is 0 Å². The van der Waals surface area contributed by atoms with Crippen LogP contribution < -0.4 is 10.6 Å². The SMILES string of the molecule is CN=C(NCc1nc(C)c(C)o1)NCC12CC3CC(CC(C3)C1)C2.I. The van der Waals surface area contributed by atoms with Gasteiger partial charge in [-0.2, -0.15) is 0 Å². The number of halogens is 1. The fourth-order valence-electron chi connectivity index (χ4n) is 5.77. The maximum atomic E-state index is 5.63. The van der Waals surface area contributed by atoms with E-state index in [-0.39, 0.29) is 24.0 Å². The average molecular weight is 458 g/mol. The number of aromatic nitrogens is 1. The van der Waals surface area contributed by atoms with Crippen molar-refractivity contribution in [1.82, 2.24) is 15.6 Å². The summed E-state index contributed by atoms with van der Waals surface area (Å²) in [6.07, 6.45) is 8.74. The van der Waals surface area contributed by atoms with Crippen LogP contribution in [0.25, 0.3) is 0 Å². The van der Waals surface area contributed by atoms with E-state index in [4.69, 9.17) is 4.42 Å². The van der Waals surface area contributed by atoms with Crippen LogP contribution in [-0.2, 0) is 6.54 Å². The molecule has 4 aliphatic rings. The van der Waals surface area contributed by atoms with Gasteiger partial charge in [0, 0.05) is 13.6 Å². The maximum absolute atomic E-state index is 5.63. The second-order valence-electron chi connectivity index (χ2n) is 8.45. The molecule has 4 bridgehead atoms. The lowest BCUT2D eigenvalue weighted by Crippen LogP contribution is -2.52. The fraction of sp³-hybridized carbons (Fsp3) is 0.789. The molecule has 4 aliphatic carbocycles. The highest BCUT2D eigenvalue weighted by Gasteiger charge is 2.50. The van der Waals surface area contributed by atoms with E-state index in [2.05, 4.69) is 20.6 Å². The molecule has 1 heterocycles. The molecule has 2 N–H and O–H groups in total. The molecule has 0 saturated heterocycles. The second-order valence-corrected chi connectivity index (χ2v) is 8.45. The number of aliphatic imine (C=N–C) groups is 1. The van der Waals surface area contributed by atoms with Crippen molar-refractivity contribution in [1.29, 1.82) is 0 Å². The summed E-state index contributed by atoms with van der Waals surface area (Å²) < 4.78 is 5.63. The van der Waals surface area contributed by atoms with Gasteiger partial charge in [0.25, 0.3) is 0 Å². The largest absolute Gasteiger partial charge is 0.444 e. The molecule has 0 unspecified atom stereocenters. The van der Waals surface area contributed by atoms with Gasteiger partial charge >= 0.3 is 0 Å². The van der Waals surface area contributed by atoms with Crippen molar-refractivity contribution in [2.45, 2.75) is 58.9 Å². The quantitative estimate of drug-likeness (QED) is 0.410. The topological polar surface area (TPSA) is 62.5 Å². The van der Waals surface area contributed by atoms with Crippen LogP contribution in [0.15, 0.2) is 9.41 Å². The lowest BCUT2D eigenvalue weighted by Gasteiger charge is -2.57. The highest BCUT2D eigenvalue weighted by Crippen LogP contribution is 2.59. The van der Waals surface area contributed by atoms with Crippen LogP contribution in [0, 0.1) is 37.0 Å². The van der Waals surface area contributed by atoms with E-state index in [0.29, 0.717) is 12.0 Å². The minimum Gasteiger partial charge on any atom is -0.444 e. The molecule has 25 heavy (non-hydrogen) atoms. The van der Waals surface area contributed by atoms with E-state index in [1.165, 1.54) is 38.5 Å². The van der Waals surface area contributed by atoms with Crippen LogP contribution in [0.3, 0.4) is 0 Å². The average Bonchev–Trinajstić information content (AvgIpc) is 2.84. The first-order valence-corrected chi connectivity index (χ1v) is 9.43. The second kappa shape index (κ2) is 7.45. The molecule has 1 aromatic heterocycles. The molecule has 6 heteroatoms. The van der Waals surface area contributed by atoms with E-state index in [1.54, 1.807) is 0 Å². The Hall–Kier alpha value is -0.790. The summed E-state index contributed by atoms with van der Waals surface area (Å²) in [7, 11) is 1.83. The van der Waals surface area contributed by atoms with Crippen molar-refractivity contribution in [2.24, 2.45) is 28.2 Å². The number of rotatable bonds is 4. The van der Waals surface area contributed by atoms with Crippen LogP contribution >= 0.6 is 24.0 Å². The Kier molecular flexibility index (Phi) is 5.66. The Labute approximate surface area is 167 Å². The van der Waals surface area contributed by atoms with Crippen molar-refractivity contribution in [3.8, 4) is 0 Å². The van der Waals surface area contributed by atoms with Gasteiger partial charge in [-0.1, -0.05) is 0 Å². The minimum atomic E-state index is 0. The van der Waals surface area contributed by atoms with Crippen molar-refractivity contribution < 1.29 is 4.42 Å². The molecule has 0 spiro atoms. The number of hydrogen-bond acceptors (Lipinski definition) is 3. The summed E-state index contributed by atoms with van der Waals surface area (Å²) in [4.78, 5) is 8.79. The smallest absolute Gasteiger partial charge is 0.214 e. The Balaban J connectivity index is 0.00000182. The van der Waals surface area contributed by atoms with E-state index >= 15 is 0 Å². The maximum Gasteiger partial charge on any atom is 0.214 e. The highest BCUT2D eigenvalue weighted by molar-refractivity contribution is 14.0. The minimum absolute atomic E-state index is 0. The number of hydrogen-bond donors (Lipinski definition) is 2. The van der Waals surface area contributed by atoms with Gasteiger partial charge in [0.1, 0.15) is 5.76 Å². The molecule has 0 aliphatic heterocycles. The molecule has 0 atom stereocenters. The van der Waals surface area contributed by atoms with Crippen molar-refractivity contribution in [2.75, 3.05) is 13.6 Å². The van der Waals surface area contributed by atoms with Crippen LogP contribution in [0.1, 0.15) is 55.9 Å². The zero-order valence-corrected chi connectivity index (χ0v) is 17.9. The van der Waals surface area contributed by atoms with Crippen molar-refractivity contribution in [3.63, 3.8) is 0 Å². The molecule has 0 aromatic carbocycles. The molecule has 0 amide bonds. The predicted octanol–water partition coefficient (Wildman–Crippen LogP) is 3.79. The third-order valence-electron chi connectivity index (χ3n) is 6.50. The molecular formula is C19H31IN4O. The first-order valence-electron chi connectivity index (χ1n) is 9.43. The van der Waals surface area contributed by atoms with Crippen molar-refractivity contribution in [3.05, 3.63) is 17.3 Å². The summed E-state index contributed by atoms with van der Waals surface area (Å²) in [5, 5.41) is 6.93. The number of guanidine groups is 1. The fourth-order valence-corrected chi connectivity index (χ4v) is 5.77. The number of oxazole rings is 1. The number of nitrogens with zero attached hydrogens (tertiary/aromatic N) is 2. The Morgan fingerprint density at radius 1 is 1.12 bits per heavy atom. The van der Waals surface area contributed by atoms with Gasteiger partial charge in [0.05, 0.1) is 12.2 Å².